The molecule has 18 heavy (non-hydrogen) atoms. The van der Waals surface area contributed by atoms with Crippen molar-refractivity contribution in [3.63, 3.8) is 0 Å². The molecule has 0 spiro atoms. The third-order valence-corrected chi connectivity index (χ3v) is 3.48. The summed E-state index contributed by atoms with van der Waals surface area (Å²) >= 11 is 0. The quantitative estimate of drug-likeness (QED) is 0.750. The minimum absolute atomic E-state index is 0.000555. The van der Waals surface area contributed by atoms with Gasteiger partial charge in [-0.1, -0.05) is 26.2 Å². The molecule has 0 aromatic rings. The van der Waals surface area contributed by atoms with Gasteiger partial charge in [0.2, 0.25) is 0 Å². The number of aliphatic hydroxyl groups is 1. The summed E-state index contributed by atoms with van der Waals surface area (Å²) in [4.78, 5) is 24.0. The highest BCUT2D eigenvalue weighted by molar-refractivity contribution is 5.84. The molecule has 5 nitrogen and oxygen atoms in total. The van der Waals surface area contributed by atoms with E-state index in [0.29, 0.717) is 13.0 Å². The molecule has 0 bridgehead atoms. The average molecular weight is 257 g/mol. The highest BCUT2D eigenvalue weighted by Gasteiger charge is 2.31. The molecule has 1 saturated carbocycles. The number of amides is 1. The van der Waals surface area contributed by atoms with Crippen molar-refractivity contribution in [3.8, 4) is 0 Å². The zero-order chi connectivity index (χ0) is 13.5. The number of hydrogen-bond donors (Lipinski definition) is 2. The van der Waals surface area contributed by atoms with Crippen molar-refractivity contribution in [3.05, 3.63) is 0 Å². The van der Waals surface area contributed by atoms with E-state index in [1.54, 1.807) is 0 Å². The number of nitrogens with zero attached hydrogens (tertiary/aromatic N) is 1. The summed E-state index contributed by atoms with van der Waals surface area (Å²) < 4.78 is 0. The second-order valence-corrected chi connectivity index (χ2v) is 5.00. The molecule has 5 heteroatoms. The maximum absolute atomic E-state index is 12.1. The molecule has 1 rings (SSSR count). The molecule has 0 saturated heterocycles. The molecule has 1 unspecified atom stereocenters. The average Bonchev–Trinajstić information content (AvgIpc) is 2.37. The molecule has 1 aliphatic rings. The summed E-state index contributed by atoms with van der Waals surface area (Å²) in [5.41, 5.74) is 0. The summed E-state index contributed by atoms with van der Waals surface area (Å²) in [7, 11) is 0. The number of carbonyl (C=O) groups is 2. The first-order valence-electron chi connectivity index (χ1n) is 6.75. The Morgan fingerprint density at radius 3 is 2.39 bits per heavy atom. The topological polar surface area (TPSA) is 77.8 Å². The fourth-order valence-electron chi connectivity index (χ4n) is 2.54. The van der Waals surface area contributed by atoms with Gasteiger partial charge in [0.25, 0.3) is 5.91 Å². The Kier molecular flexibility index (Phi) is 6.12. The standard InChI is InChI=1S/C13H23NO4/c1-2-8-14(9-11(15)16)13(18)12(17)10-6-4-3-5-7-10/h10,12,17H,2-9H2,1H3,(H,15,16). The molecule has 1 atom stereocenters. The van der Waals surface area contributed by atoms with E-state index >= 15 is 0 Å². The van der Waals surface area contributed by atoms with Crippen LogP contribution in [0.5, 0.6) is 0 Å². The lowest BCUT2D eigenvalue weighted by Gasteiger charge is -2.30. The first-order chi connectivity index (χ1) is 8.56. The normalized spacial score (nSPS) is 18.3. The Morgan fingerprint density at radius 2 is 1.89 bits per heavy atom. The third-order valence-electron chi connectivity index (χ3n) is 3.48. The Labute approximate surface area is 108 Å². The maximum atomic E-state index is 12.1. The molecule has 0 radical (unpaired) electrons. The molecule has 0 heterocycles. The SMILES string of the molecule is CCCN(CC(=O)O)C(=O)C(O)C1CCCCC1. The van der Waals surface area contributed by atoms with Crippen LogP contribution in [0.3, 0.4) is 0 Å². The lowest BCUT2D eigenvalue weighted by Crippen LogP contribution is -2.45. The van der Waals surface area contributed by atoms with Crippen molar-refractivity contribution in [2.45, 2.75) is 51.6 Å². The molecular formula is C13H23NO4. The highest BCUT2D eigenvalue weighted by atomic mass is 16.4. The highest BCUT2D eigenvalue weighted by Crippen LogP contribution is 2.27. The van der Waals surface area contributed by atoms with E-state index in [0.717, 1.165) is 32.1 Å². The second-order valence-electron chi connectivity index (χ2n) is 5.00. The Bertz CT molecular complexity index is 287. The first-order valence-corrected chi connectivity index (χ1v) is 6.75. The van der Waals surface area contributed by atoms with E-state index < -0.39 is 18.0 Å². The van der Waals surface area contributed by atoms with E-state index in [9.17, 15) is 14.7 Å². The molecule has 0 aromatic heterocycles. The third kappa shape index (κ3) is 4.29. The molecule has 0 aromatic carbocycles. The molecule has 104 valence electrons. The lowest BCUT2D eigenvalue weighted by molar-refractivity contribution is -0.150. The zero-order valence-corrected chi connectivity index (χ0v) is 11.0. The molecule has 1 amide bonds. The second kappa shape index (κ2) is 7.36. The Hall–Kier alpha value is -1.10. The van der Waals surface area contributed by atoms with Crippen LogP contribution in [-0.4, -0.2) is 46.2 Å². The van der Waals surface area contributed by atoms with Crippen LogP contribution >= 0.6 is 0 Å². The smallest absolute Gasteiger partial charge is 0.323 e. The van der Waals surface area contributed by atoms with E-state index in [1.807, 2.05) is 6.92 Å². The Balaban J connectivity index is 2.59. The van der Waals surface area contributed by atoms with Gasteiger partial charge in [-0.25, -0.2) is 0 Å². The van der Waals surface area contributed by atoms with Crippen LogP contribution in [0.25, 0.3) is 0 Å². The number of aliphatic hydroxyl groups excluding tert-OH is 1. The van der Waals surface area contributed by atoms with Crippen LogP contribution in [0, 0.1) is 5.92 Å². The lowest BCUT2D eigenvalue weighted by atomic mass is 9.85. The van der Waals surface area contributed by atoms with Gasteiger partial charge in [0.15, 0.2) is 0 Å². The number of carboxylic acid groups (broad SMARTS) is 1. The van der Waals surface area contributed by atoms with Gasteiger partial charge in [0, 0.05) is 6.54 Å². The van der Waals surface area contributed by atoms with E-state index in [-0.39, 0.29) is 12.5 Å². The maximum Gasteiger partial charge on any atom is 0.323 e. The zero-order valence-electron chi connectivity index (χ0n) is 11.0. The van der Waals surface area contributed by atoms with Crippen LogP contribution in [0.2, 0.25) is 0 Å². The van der Waals surface area contributed by atoms with Crippen LogP contribution < -0.4 is 0 Å². The van der Waals surface area contributed by atoms with Crippen molar-refractivity contribution in [1.29, 1.82) is 0 Å². The van der Waals surface area contributed by atoms with Gasteiger partial charge >= 0.3 is 5.97 Å². The van der Waals surface area contributed by atoms with Crippen molar-refractivity contribution in [2.24, 2.45) is 5.92 Å². The van der Waals surface area contributed by atoms with Gasteiger partial charge in [-0.3, -0.25) is 9.59 Å². The number of hydrogen-bond acceptors (Lipinski definition) is 3. The number of rotatable bonds is 6. The van der Waals surface area contributed by atoms with E-state index in [1.165, 1.54) is 4.90 Å². The summed E-state index contributed by atoms with van der Waals surface area (Å²) in [5.74, 6) is -1.46. The fraction of sp³-hybridized carbons (Fsp3) is 0.846. The van der Waals surface area contributed by atoms with Crippen molar-refractivity contribution in [2.75, 3.05) is 13.1 Å². The minimum Gasteiger partial charge on any atom is -0.480 e. The number of carbonyl (C=O) groups excluding carboxylic acids is 1. The van der Waals surface area contributed by atoms with E-state index in [2.05, 4.69) is 0 Å². The van der Waals surface area contributed by atoms with Crippen LogP contribution in [0.15, 0.2) is 0 Å². The van der Waals surface area contributed by atoms with Gasteiger partial charge in [0.1, 0.15) is 12.6 Å². The van der Waals surface area contributed by atoms with Crippen molar-refractivity contribution < 1.29 is 19.8 Å². The molecule has 1 aliphatic carbocycles. The van der Waals surface area contributed by atoms with Gasteiger partial charge in [-0.15, -0.1) is 0 Å². The molecule has 0 aliphatic heterocycles. The monoisotopic (exact) mass is 257 g/mol. The first kappa shape index (κ1) is 15.0. The van der Waals surface area contributed by atoms with Gasteiger partial charge in [0.05, 0.1) is 0 Å². The fourth-order valence-corrected chi connectivity index (χ4v) is 2.54. The predicted octanol–water partition coefficient (Wildman–Crippen LogP) is 1.25. The summed E-state index contributed by atoms with van der Waals surface area (Å²) in [6.45, 7) is 1.94. The summed E-state index contributed by atoms with van der Waals surface area (Å²) in [6, 6.07) is 0. The van der Waals surface area contributed by atoms with Crippen molar-refractivity contribution in [1.82, 2.24) is 4.90 Å². The van der Waals surface area contributed by atoms with Crippen LogP contribution in [0.4, 0.5) is 0 Å². The van der Waals surface area contributed by atoms with Crippen molar-refractivity contribution >= 4 is 11.9 Å². The molecule has 2 N–H and O–H groups in total. The van der Waals surface area contributed by atoms with Gasteiger partial charge in [-0.05, 0) is 25.2 Å². The van der Waals surface area contributed by atoms with Gasteiger partial charge in [-0.2, -0.15) is 0 Å². The van der Waals surface area contributed by atoms with E-state index in [4.69, 9.17) is 5.11 Å². The summed E-state index contributed by atoms with van der Waals surface area (Å²) in [5, 5.41) is 18.8. The molecule has 1 fully saturated rings. The van der Waals surface area contributed by atoms with Crippen LogP contribution in [-0.2, 0) is 9.59 Å². The Morgan fingerprint density at radius 1 is 1.28 bits per heavy atom. The number of carboxylic acids is 1. The predicted molar refractivity (Wildman–Crippen MR) is 67.1 cm³/mol. The molecular weight excluding hydrogens is 234 g/mol. The van der Waals surface area contributed by atoms with Gasteiger partial charge < -0.3 is 15.1 Å². The largest absolute Gasteiger partial charge is 0.480 e. The number of aliphatic carboxylic acids is 1. The minimum atomic E-state index is -1.03. The van der Waals surface area contributed by atoms with Crippen LogP contribution in [0.1, 0.15) is 45.4 Å². The summed E-state index contributed by atoms with van der Waals surface area (Å²) in [6.07, 6.45) is 4.63.